The fourth-order valence-electron chi connectivity index (χ4n) is 0.554. The van der Waals surface area contributed by atoms with Crippen LogP contribution in [0.25, 0.3) is 0 Å². The van der Waals surface area contributed by atoms with Crippen molar-refractivity contribution in [1.82, 2.24) is 14.8 Å². The third kappa shape index (κ3) is 1.41. The minimum absolute atomic E-state index is 0.288. The van der Waals surface area contributed by atoms with E-state index in [0.717, 1.165) is 4.68 Å². The number of hydrogen-bond donors (Lipinski definition) is 0. The fourth-order valence-corrected chi connectivity index (χ4v) is 1.13. The summed E-state index contributed by atoms with van der Waals surface area (Å²) in [5.74, 6) is -0.288. The lowest BCUT2D eigenvalue weighted by molar-refractivity contribution is 0.135. The molecular weight excluding hydrogens is 255 g/mol. The van der Waals surface area contributed by atoms with Gasteiger partial charge in [-0.25, -0.2) is 18.4 Å². The summed E-state index contributed by atoms with van der Waals surface area (Å²) in [6, 6.07) is 0. The van der Waals surface area contributed by atoms with Crippen molar-refractivity contribution in [2.24, 2.45) is 7.05 Å². The van der Waals surface area contributed by atoms with E-state index in [1.165, 1.54) is 7.05 Å². The van der Waals surface area contributed by atoms with E-state index in [1.807, 2.05) is 0 Å². The Morgan fingerprint density at radius 2 is 2.20 bits per heavy atom. The van der Waals surface area contributed by atoms with Gasteiger partial charge in [-0.05, 0) is 0 Å². The standard InChI is InChI=1S/C4H4F2IN3/c1-10-3(2(5)6)8-4(7)9-10/h2H,1H3. The van der Waals surface area contributed by atoms with Crippen LogP contribution in [0, 0.1) is 3.83 Å². The number of aromatic nitrogens is 3. The van der Waals surface area contributed by atoms with Crippen molar-refractivity contribution in [2.75, 3.05) is 0 Å². The molecule has 56 valence electrons. The van der Waals surface area contributed by atoms with Gasteiger partial charge in [-0.2, -0.15) is 0 Å². The molecule has 3 nitrogen and oxygen atoms in total. The van der Waals surface area contributed by atoms with E-state index in [2.05, 4.69) is 10.1 Å². The molecule has 0 unspecified atom stereocenters. The molecule has 0 aliphatic carbocycles. The van der Waals surface area contributed by atoms with Gasteiger partial charge in [-0.15, -0.1) is 5.10 Å². The van der Waals surface area contributed by atoms with Crippen molar-refractivity contribution in [3.05, 3.63) is 9.66 Å². The Balaban J connectivity index is 3.03. The topological polar surface area (TPSA) is 30.7 Å². The van der Waals surface area contributed by atoms with E-state index in [-0.39, 0.29) is 5.82 Å². The summed E-state index contributed by atoms with van der Waals surface area (Å²) in [5, 5.41) is 3.64. The highest BCUT2D eigenvalue weighted by molar-refractivity contribution is 14.1. The first-order valence-corrected chi connectivity index (χ1v) is 3.53. The van der Waals surface area contributed by atoms with Crippen LogP contribution in [0.1, 0.15) is 12.2 Å². The molecule has 0 N–H and O–H groups in total. The van der Waals surface area contributed by atoms with Gasteiger partial charge in [-0.3, -0.25) is 0 Å². The summed E-state index contributed by atoms with van der Waals surface area (Å²) in [7, 11) is 1.44. The summed E-state index contributed by atoms with van der Waals surface area (Å²) in [6.45, 7) is 0. The van der Waals surface area contributed by atoms with Crippen LogP contribution in [0.2, 0.25) is 0 Å². The zero-order valence-corrected chi connectivity index (χ0v) is 7.21. The van der Waals surface area contributed by atoms with Crippen LogP contribution in [0.5, 0.6) is 0 Å². The van der Waals surface area contributed by atoms with E-state index < -0.39 is 6.43 Å². The maximum Gasteiger partial charge on any atom is 0.297 e. The van der Waals surface area contributed by atoms with Crippen LogP contribution < -0.4 is 0 Å². The molecule has 0 saturated carbocycles. The molecule has 0 saturated heterocycles. The molecule has 0 spiro atoms. The van der Waals surface area contributed by atoms with Gasteiger partial charge in [0.1, 0.15) is 0 Å². The molecule has 0 amide bonds. The maximum absolute atomic E-state index is 11.9. The SMILES string of the molecule is Cn1nc(I)nc1C(F)F. The normalized spacial score (nSPS) is 10.9. The van der Waals surface area contributed by atoms with Crippen molar-refractivity contribution in [1.29, 1.82) is 0 Å². The average molecular weight is 259 g/mol. The minimum atomic E-state index is -2.54. The van der Waals surface area contributed by atoms with Crippen molar-refractivity contribution < 1.29 is 8.78 Å². The van der Waals surface area contributed by atoms with E-state index >= 15 is 0 Å². The number of halogens is 3. The smallest absolute Gasteiger partial charge is 0.247 e. The highest BCUT2D eigenvalue weighted by atomic mass is 127. The molecule has 0 fully saturated rings. The van der Waals surface area contributed by atoms with Crippen LogP contribution in [-0.2, 0) is 7.05 Å². The zero-order chi connectivity index (χ0) is 7.72. The van der Waals surface area contributed by atoms with Crippen molar-refractivity contribution >= 4 is 22.6 Å². The Kier molecular flexibility index (Phi) is 2.17. The van der Waals surface area contributed by atoms with Gasteiger partial charge in [0.25, 0.3) is 6.43 Å². The maximum atomic E-state index is 11.9. The molecular formula is C4H4F2IN3. The second kappa shape index (κ2) is 2.77. The molecule has 10 heavy (non-hydrogen) atoms. The van der Waals surface area contributed by atoms with Crippen LogP contribution in [-0.4, -0.2) is 14.8 Å². The molecule has 1 aromatic heterocycles. The summed E-state index contributed by atoms with van der Waals surface area (Å²) in [4.78, 5) is 3.50. The zero-order valence-electron chi connectivity index (χ0n) is 5.05. The highest BCUT2D eigenvalue weighted by Gasteiger charge is 2.14. The second-order valence-corrected chi connectivity index (χ2v) is 2.63. The molecule has 0 bridgehead atoms. The molecule has 0 aliphatic heterocycles. The second-order valence-electron chi connectivity index (χ2n) is 1.66. The first kappa shape index (κ1) is 7.83. The number of alkyl halides is 2. The van der Waals surface area contributed by atoms with Crippen LogP contribution in [0.4, 0.5) is 8.78 Å². The Morgan fingerprint density at radius 1 is 1.60 bits per heavy atom. The van der Waals surface area contributed by atoms with Crippen LogP contribution in [0.15, 0.2) is 0 Å². The summed E-state index contributed by atoms with van der Waals surface area (Å²) >= 11 is 1.78. The number of nitrogens with zero attached hydrogens (tertiary/aromatic N) is 3. The van der Waals surface area contributed by atoms with Gasteiger partial charge in [0, 0.05) is 29.6 Å². The Hall–Kier alpha value is -0.270. The minimum Gasteiger partial charge on any atom is -0.247 e. The molecule has 1 rings (SSSR count). The van der Waals surface area contributed by atoms with Gasteiger partial charge >= 0.3 is 0 Å². The highest BCUT2D eigenvalue weighted by Crippen LogP contribution is 2.15. The van der Waals surface area contributed by atoms with E-state index in [4.69, 9.17) is 0 Å². The molecule has 1 heterocycles. The lowest BCUT2D eigenvalue weighted by atomic mass is 10.6. The summed E-state index contributed by atoms with van der Waals surface area (Å²) in [5.41, 5.74) is 0. The summed E-state index contributed by atoms with van der Waals surface area (Å²) < 4.78 is 25.2. The van der Waals surface area contributed by atoms with Gasteiger partial charge < -0.3 is 0 Å². The lowest BCUT2D eigenvalue weighted by Crippen LogP contribution is -1.98. The molecule has 6 heteroatoms. The third-order valence-electron chi connectivity index (χ3n) is 0.966. The van der Waals surface area contributed by atoms with Crippen molar-refractivity contribution in [3.8, 4) is 0 Å². The average Bonchev–Trinajstić information content (AvgIpc) is 2.10. The molecule has 0 radical (unpaired) electrons. The van der Waals surface area contributed by atoms with Gasteiger partial charge in [0.2, 0.25) is 3.83 Å². The van der Waals surface area contributed by atoms with Crippen molar-refractivity contribution in [2.45, 2.75) is 6.43 Å². The molecule has 1 aromatic rings. The van der Waals surface area contributed by atoms with E-state index in [1.54, 1.807) is 22.6 Å². The Labute approximate surface area is 69.6 Å². The van der Waals surface area contributed by atoms with E-state index in [0.29, 0.717) is 3.83 Å². The van der Waals surface area contributed by atoms with Crippen molar-refractivity contribution in [3.63, 3.8) is 0 Å². The number of rotatable bonds is 1. The quantitative estimate of drug-likeness (QED) is 0.713. The fraction of sp³-hybridized carbons (Fsp3) is 0.500. The molecule has 0 atom stereocenters. The third-order valence-corrected chi connectivity index (χ3v) is 1.42. The predicted molar refractivity (Wildman–Crippen MR) is 38.7 cm³/mol. The lowest BCUT2D eigenvalue weighted by Gasteiger charge is -1.94. The van der Waals surface area contributed by atoms with Gasteiger partial charge in [-0.1, -0.05) is 0 Å². The van der Waals surface area contributed by atoms with Crippen LogP contribution >= 0.6 is 22.6 Å². The first-order chi connectivity index (χ1) is 4.61. The monoisotopic (exact) mass is 259 g/mol. The largest absolute Gasteiger partial charge is 0.297 e. The predicted octanol–water partition coefficient (Wildman–Crippen LogP) is 1.36. The van der Waals surface area contributed by atoms with Crippen LogP contribution in [0.3, 0.4) is 0 Å². The number of hydrogen-bond acceptors (Lipinski definition) is 2. The number of aryl methyl sites for hydroxylation is 1. The molecule has 0 aliphatic rings. The Morgan fingerprint density at radius 3 is 2.40 bits per heavy atom. The molecule has 0 aromatic carbocycles. The van der Waals surface area contributed by atoms with E-state index in [9.17, 15) is 8.78 Å². The Bertz CT molecular complexity index is 234. The first-order valence-electron chi connectivity index (χ1n) is 2.46. The van der Waals surface area contributed by atoms with Gasteiger partial charge in [0.05, 0.1) is 0 Å². The summed E-state index contributed by atoms with van der Waals surface area (Å²) in [6.07, 6.45) is -2.54. The van der Waals surface area contributed by atoms with Gasteiger partial charge in [0.15, 0.2) is 5.82 Å².